The van der Waals surface area contributed by atoms with Crippen molar-refractivity contribution in [2.75, 3.05) is 26.7 Å². The molecule has 35 heavy (non-hydrogen) atoms. The number of rotatable bonds is 12. The molecule has 0 saturated carbocycles. The molecular weight excluding hydrogens is 456 g/mol. The molecule has 1 heterocycles. The molecule has 0 radical (unpaired) electrons. The zero-order chi connectivity index (χ0) is 25.6. The van der Waals surface area contributed by atoms with Crippen molar-refractivity contribution in [2.24, 2.45) is 5.41 Å². The second-order valence-corrected chi connectivity index (χ2v) is 11.7. The molecule has 0 unspecified atom stereocenters. The van der Waals surface area contributed by atoms with Crippen LogP contribution < -0.4 is 15.4 Å². The molecule has 2 N–H and O–H groups in total. The Kier molecular flexibility index (Phi) is 9.54. The molecule has 2 aromatic rings. The highest BCUT2D eigenvalue weighted by molar-refractivity contribution is 7.14. The minimum Gasteiger partial charge on any atom is -0.493 e. The minimum atomic E-state index is -0.00317. The van der Waals surface area contributed by atoms with Crippen LogP contribution in [0, 0.1) is 19.3 Å². The van der Waals surface area contributed by atoms with Crippen LogP contribution in [0.25, 0.3) is 0 Å². The summed E-state index contributed by atoms with van der Waals surface area (Å²) in [6.45, 7) is 12.5. The topological polar surface area (TPSA) is 67.4 Å². The SMILES string of the molecule is CCc1sc(C(=O)CCc2cc(C)c(OCCCNC(=O)CNC)c(C)c2)c2c1CC(C)(C)CC2. The number of carbonyl (C=O) groups is 2. The summed E-state index contributed by atoms with van der Waals surface area (Å²) in [5.74, 6) is 1.20. The van der Waals surface area contributed by atoms with Gasteiger partial charge in [-0.3, -0.25) is 9.59 Å². The standard InChI is InChI=1S/C29H42N2O3S/c1-7-25-23-17-29(4,5)12-11-22(23)28(35-25)24(32)10-9-21-15-19(2)27(20(3)16-21)34-14-8-13-31-26(33)18-30-6/h15-16,30H,7-14,17-18H2,1-6H3,(H,31,33). The first kappa shape index (κ1) is 27.4. The van der Waals surface area contributed by atoms with Crippen LogP contribution in [0.3, 0.4) is 0 Å². The van der Waals surface area contributed by atoms with Gasteiger partial charge in [-0.2, -0.15) is 0 Å². The number of amides is 1. The van der Waals surface area contributed by atoms with Crippen LogP contribution in [0.2, 0.25) is 0 Å². The molecule has 3 rings (SSSR count). The fourth-order valence-corrected chi connectivity index (χ4v) is 6.32. The molecule has 1 aromatic carbocycles. The van der Waals surface area contributed by atoms with Gasteiger partial charge in [0.1, 0.15) is 5.75 Å². The Bertz CT molecular complexity index is 1030. The molecule has 1 aromatic heterocycles. The van der Waals surface area contributed by atoms with Crippen LogP contribution in [0.15, 0.2) is 12.1 Å². The number of ketones is 1. The highest BCUT2D eigenvalue weighted by Crippen LogP contribution is 2.42. The van der Waals surface area contributed by atoms with E-state index in [2.05, 4.69) is 57.4 Å². The van der Waals surface area contributed by atoms with Crippen LogP contribution in [0.4, 0.5) is 0 Å². The summed E-state index contributed by atoms with van der Waals surface area (Å²) in [4.78, 5) is 27.2. The Morgan fingerprint density at radius 3 is 2.51 bits per heavy atom. The predicted molar refractivity (Wildman–Crippen MR) is 145 cm³/mol. The summed E-state index contributed by atoms with van der Waals surface area (Å²) in [7, 11) is 1.76. The van der Waals surface area contributed by atoms with Crippen LogP contribution in [0.1, 0.15) is 82.4 Å². The van der Waals surface area contributed by atoms with Gasteiger partial charge in [-0.05, 0) is 92.7 Å². The van der Waals surface area contributed by atoms with Gasteiger partial charge in [0, 0.05) is 17.8 Å². The molecule has 1 amide bonds. The fraction of sp³-hybridized carbons (Fsp3) is 0.586. The number of fused-ring (bicyclic) bond motifs is 1. The van der Waals surface area contributed by atoms with Gasteiger partial charge in [0.25, 0.3) is 0 Å². The fourth-order valence-electron chi connectivity index (χ4n) is 5.04. The van der Waals surface area contributed by atoms with E-state index in [1.807, 2.05) is 0 Å². The van der Waals surface area contributed by atoms with Crippen LogP contribution in [0.5, 0.6) is 5.75 Å². The summed E-state index contributed by atoms with van der Waals surface area (Å²) in [6.07, 6.45) is 6.34. The van der Waals surface area contributed by atoms with Crippen molar-refractivity contribution in [3.05, 3.63) is 49.7 Å². The third kappa shape index (κ3) is 7.17. The lowest BCUT2D eigenvalue weighted by atomic mass is 9.74. The summed E-state index contributed by atoms with van der Waals surface area (Å²) >= 11 is 1.75. The first-order valence-corrected chi connectivity index (χ1v) is 13.8. The largest absolute Gasteiger partial charge is 0.493 e. The maximum absolute atomic E-state index is 13.3. The highest BCUT2D eigenvalue weighted by Gasteiger charge is 2.31. The van der Waals surface area contributed by atoms with Gasteiger partial charge in [0.05, 0.1) is 18.0 Å². The normalized spacial score (nSPS) is 14.5. The van der Waals surface area contributed by atoms with Gasteiger partial charge in [-0.25, -0.2) is 0 Å². The Morgan fingerprint density at radius 2 is 1.86 bits per heavy atom. The van der Waals surface area contributed by atoms with Crippen molar-refractivity contribution in [1.82, 2.24) is 10.6 Å². The summed E-state index contributed by atoms with van der Waals surface area (Å²) in [5.41, 5.74) is 6.51. The molecule has 0 spiro atoms. The van der Waals surface area contributed by atoms with Crippen molar-refractivity contribution in [2.45, 2.75) is 79.6 Å². The molecule has 192 valence electrons. The average molecular weight is 499 g/mol. The third-order valence-electron chi connectivity index (χ3n) is 6.87. The Morgan fingerprint density at radius 1 is 1.14 bits per heavy atom. The van der Waals surface area contributed by atoms with E-state index in [9.17, 15) is 9.59 Å². The van der Waals surface area contributed by atoms with Gasteiger partial charge in [-0.15, -0.1) is 11.3 Å². The first-order chi connectivity index (χ1) is 16.6. The number of nitrogens with one attached hydrogen (secondary N) is 2. The van der Waals surface area contributed by atoms with Crippen molar-refractivity contribution >= 4 is 23.0 Å². The van der Waals surface area contributed by atoms with Gasteiger partial charge in [0.2, 0.25) is 5.91 Å². The number of Topliss-reactive ketones (excluding diaryl/α,β-unsaturated/α-hetero) is 1. The number of hydrogen-bond donors (Lipinski definition) is 2. The van der Waals surface area contributed by atoms with Crippen LogP contribution >= 0.6 is 11.3 Å². The lowest BCUT2D eigenvalue weighted by Gasteiger charge is -2.30. The van der Waals surface area contributed by atoms with Gasteiger partial charge >= 0.3 is 0 Å². The molecule has 1 aliphatic carbocycles. The molecule has 0 atom stereocenters. The van der Waals surface area contributed by atoms with Crippen molar-refractivity contribution in [3.8, 4) is 5.75 Å². The van der Waals surface area contributed by atoms with E-state index >= 15 is 0 Å². The zero-order valence-electron chi connectivity index (χ0n) is 22.4. The van der Waals surface area contributed by atoms with E-state index in [0.29, 0.717) is 37.3 Å². The Balaban J connectivity index is 1.57. The molecule has 1 aliphatic rings. The summed E-state index contributed by atoms with van der Waals surface area (Å²) in [5, 5.41) is 5.70. The number of thiophene rings is 1. The first-order valence-electron chi connectivity index (χ1n) is 13.0. The summed E-state index contributed by atoms with van der Waals surface area (Å²) < 4.78 is 6.02. The molecule has 0 fully saturated rings. The zero-order valence-corrected chi connectivity index (χ0v) is 23.2. The molecule has 6 heteroatoms. The van der Waals surface area contributed by atoms with E-state index in [1.165, 1.54) is 21.6 Å². The molecule has 5 nitrogen and oxygen atoms in total. The minimum absolute atomic E-state index is 0.00317. The van der Waals surface area contributed by atoms with E-state index < -0.39 is 0 Å². The number of aryl methyl sites for hydroxylation is 4. The van der Waals surface area contributed by atoms with E-state index in [4.69, 9.17) is 4.74 Å². The predicted octanol–water partition coefficient (Wildman–Crippen LogP) is 5.36. The summed E-state index contributed by atoms with van der Waals surface area (Å²) in [6, 6.07) is 4.29. The second kappa shape index (κ2) is 12.2. The van der Waals surface area contributed by atoms with Crippen molar-refractivity contribution < 1.29 is 14.3 Å². The number of likely N-dealkylation sites (N-methyl/N-ethyl adjacent to an activating group) is 1. The van der Waals surface area contributed by atoms with E-state index in [-0.39, 0.29) is 5.91 Å². The van der Waals surface area contributed by atoms with Gasteiger partial charge < -0.3 is 15.4 Å². The monoisotopic (exact) mass is 498 g/mol. The number of carbonyl (C=O) groups excluding carboxylic acids is 2. The van der Waals surface area contributed by atoms with E-state index in [0.717, 1.165) is 60.3 Å². The number of benzene rings is 1. The van der Waals surface area contributed by atoms with Crippen LogP contribution in [-0.2, 0) is 30.5 Å². The lowest BCUT2D eigenvalue weighted by molar-refractivity contribution is -0.120. The third-order valence-corrected chi connectivity index (χ3v) is 8.33. The Labute approximate surface area is 215 Å². The van der Waals surface area contributed by atoms with Crippen molar-refractivity contribution in [1.29, 1.82) is 0 Å². The maximum Gasteiger partial charge on any atom is 0.233 e. The second-order valence-electron chi connectivity index (χ2n) is 10.6. The number of hydrogen-bond acceptors (Lipinski definition) is 5. The van der Waals surface area contributed by atoms with Gasteiger partial charge in [0.15, 0.2) is 5.78 Å². The van der Waals surface area contributed by atoms with Crippen molar-refractivity contribution in [3.63, 3.8) is 0 Å². The van der Waals surface area contributed by atoms with Gasteiger partial charge in [-0.1, -0.05) is 32.9 Å². The smallest absolute Gasteiger partial charge is 0.233 e. The molecule has 0 saturated heterocycles. The quantitative estimate of drug-likeness (QED) is 0.305. The highest BCUT2D eigenvalue weighted by atomic mass is 32.1. The van der Waals surface area contributed by atoms with Crippen LogP contribution in [-0.4, -0.2) is 38.4 Å². The molecular formula is C29H42N2O3S. The Hall–Kier alpha value is -2.18. The maximum atomic E-state index is 13.3. The molecule has 0 bridgehead atoms. The number of ether oxygens (including phenoxy) is 1. The lowest BCUT2D eigenvalue weighted by Crippen LogP contribution is -2.33. The average Bonchev–Trinajstić information content (AvgIpc) is 3.15. The molecule has 0 aliphatic heterocycles. The van der Waals surface area contributed by atoms with E-state index in [1.54, 1.807) is 18.4 Å².